The highest BCUT2D eigenvalue weighted by molar-refractivity contribution is 6.27. The fourth-order valence-corrected chi connectivity index (χ4v) is 8.11. The molecule has 0 aliphatic rings. The van der Waals surface area contributed by atoms with Gasteiger partial charge in [0.15, 0.2) is 0 Å². The fraction of sp³-hybridized carbons (Fsp3) is 0.0556. The van der Waals surface area contributed by atoms with E-state index in [1.54, 1.807) is 0 Å². The van der Waals surface area contributed by atoms with Gasteiger partial charge < -0.3 is 10.2 Å². The lowest BCUT2D eigenvalue weighted by atomic mass is 9.87. The number of rotatable bonds is 7. The van der Waals surface area contributed by atoms with E-state index in [1.165, 1.54) is 49.0 Å². The number of furan rings is 1. The Bertz CT molecular complexity index is 3180. The van der Waals surface area contributed by atoms with Crippen LogP contribution in [0.25, 0.3) is 93.6 Å². The van der Waals surface area contributed by atoms with Gasteiger partial charge in [0.05, 0.1) is 16.9 Å². The van der Waals surface area contributed by atoms with Crippen LogP contribution >= 0.6 is 0 Å². The lowest BCUT2D eigenvalue weighted by molar-refractivity contribution is 0.669. The molecule has 0 unspecified atom stereocenters. The van der Waals surface area contributed by atoms with Crippen LogP contribution in [-0.2, 0) is 6.42 Å². The summed E-state index contributed by atoms with van der Waals surface area (Å²) in [5.74, 6) is 0. The Balaban J connectivity index is 0.000000481. The van der Waals surface area contributed by atoms with Gasteiger partial charge in [0, 0.05) is 21.7 Å². The van der Waals surface area contributed by atoms with Crippen LogP contribution in [-0.4, -0.2) is 4.98 Å². The van der Waals surface area contributed by atoms with Gasteiger partial charge in [-0.3, -0.25) is 0 Å². The smallest absolute Gasteiger partial charge is 0.135 e. The van der Waals surface area contributed by atoms with Crippen LogP contribution < -0.4 is 5.73 Å². The van der Waals surface area contributed by atoms with Gasteiger partial charge in [0.1, 0.15) is 11.2 Å². The summed E-state index contributed by atoms with van der Waals surface area (Å²) in [6.45, 7) is 7.72. The quantitative estimate of drug-likeness (QED) is 0.101. The van der Waals surface area contributed by atoms with Crippen LogP contribution in [0.3, 0.4) is 0 Å². The maximum absolute atomic E-state index is 6.79. The molecule has 0 bridgehead atoms. The second kappa shape index (κ2) is 15.1. The average molecular weight is 735 g/mol. The molecule has 3 nitrogen and oxygen atoms in total. The molecule has 0 atom stereocenters. The van der Waals surface area contributed by atoms with E-state index in [1.807, 2.05) is 56.4 Å². The third-order valence-corrected chi connectivity index (χ3v) is 10.8. The molecule has 0 saturated carbocycles. The van der Waals surface area contributed by atoms with Gasteiger partial charge in [-0.2, -0.15) is 0 Å². The topological polar surface area (TPSA) is 52.0 Å². The van der Waals surface area contributed by atoms with Gasteiger partial charge in [-0.05, 0) is 105 Å². The number of nitrogens with zero attached hydrogens (tertiary/aromatic N) is 1. The predicted molar refractivity (Wildman–Crippen MR) is 246 cm³/mol. The van der Waals surface area contributed by atoms with E-state index in [0.717, 1.165) is 61.7 Å². The number of hydrogen-bond donors (Lipinski definition) is 1. The first-order valence-corrected chi connectivity index (χ1v) is 19.5. The number of nitrogen functional groups attached to an aromatic ring is 1. The van der Waals surface area contributed by atoms with Crippen molar-refractivity contribution in [3.8, 4) is 22.4 Å². The van der Waals surface area contributed by atoms with E-state index < -0.39 is 0 Å². The number of para-hydroxylation sites is 1. The van der Waals surface area contributed by atoms with Crippen molar-refractivity contribution in [3.05, 3.63) is 199 Å². The first-order chi connectivity index (χ1) is 28.0. The molecule has 8 aromatic carbocycles. The Labute approximate surface area is 332 Å². The van der Waals surface area contributed by atoms with E-state index >= 15 is 0 Å². The van der Waals surface area contributed by atoms with Crippen molar-refractivity contribution >= 4 is 76.9 Å². The van der Waals surface area contributed by atoms with Crippen molar-refractivity contribution in [3.63, 3.8) is 0 Å². The summed E-state index contributed by atoms with van der Waals surface area (Å²) in [6.07, 6.45) is 13.0. The van der Waals surface area contributed by atoms with E-state index in [0.29, 0.717) is 5.69 Å². The number of anilines is 1. The zero-order valence-electron chi connectivity index (χ0n) is 32.2. The minimum absolute atomic E-state index is 0.702. The van der Waals surface area contributed by atoms with Gasteiger partial charge in [-0.1, -0.05) is 164 Å². The SMILES string of the molecule is C=C(/C=C\C)/C=C\C.Nc1c(/C=C\Cc2ccccc2)ccc2ccc(-c3ccc4ccc5c(-c6ccc7oc8ccccc8c7c6)ccc6ccc3c4c65)nc12. The van der Waals surface area contributed by atoms with Crippen molar-refractivity contribution in [1.82, 2.24) is 4.98 Å². The van der Waals surface area contributed by atoms with Crippen molar-refractivity contribution < 1.29 is 4.42 Å². The van der Waals surface area contributed by atoms with Gasteiger partial charge in [0.25, 0.3) is 0 Å². The van der Waals surface area contributed by atoms with Gasteiger partial charge in [-0.25, -0.2) is 4.98 Å². The second-order valence-electron chi connectivity index (χ2n) is 14.5. The summed E-state index contributed by atoms with van der Waals surface area (Å²) < 4.78 is 6.14. The lowest BCUT2D eigenvalue weighted by Crippen LogP contribution is -1.96. The van der Waals surface area contributed by atoms with E-state index in [2.05, 4.69) is 146 Å². The third-order valence-electron chi connectivity index (χ3n) is 10.8. The Morgan fingerprint density at radius 1 is 0.614 bits per heavy atom. The zero-order valence-corrected chi connectivity index (χ0v) is 32.2. The van der Waals surface area contributed by atoms with Crippen molar-refractivity contribution in [1.29, 1.82) is 0 Å². The van der Waals surface area contributed by atoms with Gasteiger partial charge >= 0.3 is 0 Å². The molecule has 2 N–H and O–H groups in total. The number of nitrogens with two attached hydrogens (primary N) is 1. The Morgan fingerprint density at radius 2 is 1.25 bits per heavy atom. The molecule has 10 aromatic rings. The van der Waals surface area contributed by atoms with E-state index in [4.69, 9.17) is 15.1 Å². The molecule has 0 aliphatic heterocycles. The van der Waals surface area contributed by atoms with Crippen molar-refractivity contribution in [2.45, 2.75) is 20.3 Å². The molecule has 10 rings (SSSR count). The molecule has 0 spiro atoms. The number of pyridine rings is 1. The zero-order chi connectivity index (χ0) is 38.9. The van der Waals surface area contributed by atoms with Crippen LogP contribution in [0, 0.1) is 0 Å². The fourth-order valence-electron chi connectivity index (χ4n) is 8.11. The Morgan fingerprint density at radius 3 is 2.00 bits per heavy atom. The lowest BCUT2D eigenvalue weighted by Gasteiger charge is -2.16. The van der Waals surface area contributed by atoms with Crippen molar-refractivity contribution in [2.75, 3.05) is 5.73 Å². The summed E-state index contributed by atoms with van der Waals surface area (Å²) in [5, 5.41) is 10.7. The summed E-state index contributed by atoms with van der Waals surface area (Å²) in [4.78, 5) is 5.20. The molecule has 0 amide bonds. The minimum Gasteiger partial charge on any atom is -0.456 e. The number of allylic oxidation sites excluding steroid dienone is 6. The van der Waals surface area contributed by atoms with Crippen LogP contribution in [0.5, 0.6) is 0 Å². The molecular formula is C54H42N2O. The molecule has 274 valence electrons. The largest absolute Gasteiger partial charge is 0.456 e. The predicted octanol–water partition coefficient (Wildman–Crippen LogP) is 14.9. The Kier molecular flexibility index (Phi) is 9.41. The normalized spacial score (nSPS) is 12.0. The average Bonchev–Trinajstić information content (AvgIpc) is 3.62. The third kappa shape index (κ3) is 6.64. The standard InChI is InChI=1S/C46H30N2O.C8H12/c47-45-31(10-6-9-28-7-2-1-3-8-28)13-14-32-19-25-40(48-46(32)45)35-22-16-30-17-23-37-34(21-15-29-18-24-38(35)44(30)43(29)37)33-20-26-42-39(27-33)36-11-4-5-12-41(36)49-42;1-4-6-8(3)7-5-2/h1-8,10-27H,9,47H2;4-7H,3H2,1-2H3/b10-6-;6-4-,7-5-. The number of fused-ring (bicyclic) bond motifs is 4. The summed E-state index contributed by atoms with van der Waals surface area (Å²) in [5.41, 5.74) is 17.9. The summed E-state index contributed by atoms with van der Waals surface area (Å²) in [6, 6.07) is 51.7. The van der Waals surface area contributed by atoms with Crippen molar-refractivity contribution in [2.24, 2.45) is 0 Å². The first kappa shape index (κ1) is 35.5. The van der Waals surface area contributed by atoms with Gasteiger partial charge in [0.2, 0.25) is 0 Å². The number of hydrogen-bond acceptors (Lipinski definition) is 3. The second-order valence-corrected chi connectivity index (χ2v) is 14.5. The van der Waals surface area contributed by atoms with E-state index in [9.17, 15) is 0 Å². The number of benzene rings is 8. The first-order valence-electron chi connectivity index (χ1n) is 19.5. The van der Waals surface area contributed by atoms with E-state index in [-0.39, 0.29) is 0 Å². The maximum Gasteiger partial charge on any atom is 0.135 e. The molecule has 0 radical (unpaired) electrons. The molecule has 2 heterocycles. The van der Waals surface area contributed by atoms with Gasteiger partial charge in [-0.15, -0.1) is 0 Å². The molecular weight excluding hydrogens is 693 g/mol. The van der Waals surface area contributed by atoms with Crippen LogP contribution in [0.4, 0.5) is 5.69 Å². The molecule has 57 heavy (non-hydrogen) atoms. The summed E-state index contributed by atoms with van der Waals surface area (Å²) >= 11 is 0. The minimum atomic E-state index is 0.702. The highest BCUT2D eigenvalue weighted by Crippen LogP contribution is 2.43. The maximum atomic E-state index is 6.79. The Hall–Kier alpha value is -7.23. The monoisotopic (exact) mass is 734 g/mol. The molecule has 2 aromatic heterocycles. The molecule has 0 aliphatic carbocycles. The molecule has 0 fully saturated rings. The number of aromatic nitrogens is 1. The molecule has 0 saturated heterocycles. The van der Waals surface area contributed by atoms with Crippen LogP contribution in [0.1, 0.15) is 25.0 Å². The highest BCUT2D eigenvalue weighted by atomic mass is 16.3. The summed E-state index contributed by atoms with van der Waals surface area (Å²) in [7, 11) is 0. The molecule has 3 heteroatoms. The van der Waals surface area contributed by atoms with Crippen LogP contribution in [0.15, 0.2) is 193 Å². The highest BCUT2D eigenvalue weighted by Gasteiger charge is 2.17. The van der Waals surface area contributed by atoms with Crippen LogP contribution in [0.2, 0.25) is 0 Å².